The fourth-order valence-electron chi connectivity index (χ4n) is 1.80. The number of amides is 1. The Morgan fingerprint density at radius 2 is 1.81 bits per heavy atom. The maximum Gasteiger partial charge on any atom is 0.490 e. The number of halogens is 3. The quantitative estimate of drug-likeness (QED) is 0.720. The summed E-state index contributed by atoms with van der Waals surface area (Å²) in [5.41, 5.74) is 0.554. The number of hydrogen-bond donors (Lipinski definition) is 2. The molecule has 2 rings (SSSR count). The van der Waals surface area contributed by atoms with E-state index in [-0.39, 0.29) is 12.3 Å². The summed E-state index contributed by atoms with van der Waals surface area (Å²) in [4.78, 5) is 33.3. The molecule has 1 aromatic rings. The maximum absolute atomic E-state index is 12.2. The Hall–Kier alpha value is -2.37. The molecule has 2 N–H and O–H groups in total. The Kier molecular flexibility index (Phi) is 8.29. The van der Waals surface area contributed by atoms with Crippen LogP contribution >= 0.6 is 11.8 Å². The van der Waals surface area contributed by atoms with Crippen LogP contribution in [0.25, 0.3) is 0 Å². The lowest BCUT2D eigenvalue weighted by molar-refractivity contribution is -0.753. The molecule has 0 unspecified atom stereocenters. The van der Waals surface area contributed by atoms with Crippen molar-refractivity contribution >= 4 is 29.6 Å². The van der Waals surface area contributed by atoms with E-state index in [2.05, 4.69) is 5.10 Å². The van der Waals surface area contributed by atoms with Crippen LogP contribution in [0.2, 0.25) is 0 Å². The van der Waals surface area contributed by atoms with E-state index in [1.165, 1.54) is 10.9 Å². The Morgan fingerprint density at radius 1 is 1.23 bits per heavy atom. The third kappa shape index (κ3) is 7.68. The predicted octanol–water partition coefficient (Wildman–Crippen LogP) is 0.666. The molecule has 1 fully saturated rings. The van der Waals surface area contributed by atoms with E-state index in [9.17, 15) is 22.8 Å². The molecule has 0 radical (unpaired) electrons. The molecule has 0 aliphatic carbocycles. The number of aliphatic carboxylic acids is 2. The van der Waals surface area contributed by atoms with Gasteiger partial charge in [0, 0.05) is 30.7 Å². The van der Waals surface area contributed by atoms with Gasteiger partial charge in [-0.15, -0.1) is 0 Å². The standard InChI is InChI=1S/C12H15N3O3S.C2HF3O2/c16-11(17)2-4-15-3-1-10(9-13-15)12(18)14-5-7-19-8-6-14;3-2(4,5)1(6)7/h1,3,9H,2,4-8H2;(H,6,7)/p+1. The summed E-state index contributed by atoms with van der Waals surface area (Å²) in [6, 6.07) is 1.69. The molecule has 26 heavy (non-hydrogen) atoms. The molecular formula is C14H17F3N3O5S+. The summed E-state index contributed by atoms with van der Waals surface area (Å²) in [6.45, 7) is 1.86. The Morgan fingerprint density at radius 3 is 2.23 bits per heavy atom. The zero-order chi connectivity index (χ0) is 19.7. The van der Waals surface area contributed by atoms with E-state index < -0.39 is 18.1 Å². The number of carbonyl (C=O) groups is 3. The van der Waals surface area contributed by atoms with Crippen molar-refractivity contribution in [3.63, 3.8) is 0 Å². The van der Waals surface area contributed by atoms with Crippen LogP contribution in [-0.2, 0) is 16.1 Å². The number of carbonyl (C=O) groups excluding carboxylic acids is 1. The molecular weight excluding hydrogens is 379 g/mol. The van der Waals surface area contributed by atoms with Crippen LogP contribution in [0.4, 0.5) is 13.2 Å². The minimum atomic E-state index is -5.08. The highest BCUT2D eigenvalue weighted by molar-refractivity contribution is 7.99. The molecule has 1 aliphatic rings. The van der Waals surface area contributed by atoms with Crippen molar-refractivity contribution < 1.29 is 42.4 Å². The normalized spacial score (nSPS) is 14.2. The van der Waals surface area contributed by atoms with Crippen molar-refractivity contribution in [1.29, 1.82) is 0 Å². The Bertz CT molecular complexity index is 634. The van der Waals surface area contributed by atoms with Crippen molar-refractivity contribution in [2.45, 2.75) is 19.1 Å². The van der Waals surface area contributed by atoms with E-state index in [1.807, 2.05) is 16.7 Å². The van der Waals surface area contributed by atoms with E-state index in [4.69, 9.17) is 15.0 Å². The molecule has 0 aromatic carbocycles. The topological polar surface area (TPSA) is 112 Å². The van der Waals surface area contributed by atoms with Crippen LogP contribution in [0, 0.1) is 0 Å². The van der Waals surface area contributed by atoms with Crippen LogP contribution in [-0.4, -0.2) is 68.8 Å². The van der Waals surface area contributed by atoms with E-state index in [0.29, 0.717) is 12.1 Å². The number of thioether (sulfide) groups is 1. The zero-order valence-corrected chi connectivity index (χ0v) is 14.3. The first-order chi connectivity index (χ1) is 12.1. The van der Waals surface area contributed by atoms with Crippen LogP contribution in [0.1, 0.15) is 16.8 Å². The molecule has 8 nitrogen and oxygen atoms in total. The molecule has 2 heterocycles. The highest BCUT2D eigenvalue weighted by atomic mass is 32.2. The Labute approximate surface area is 150 Å². The lowest BCUT2D eigenvalue weighted by atomic mass is 10.2. The minimum Gasteiger partial charge on any atom is -0.481 e. The van der Waals surface area contributed by atoms with Gasteiger partial charge < -0.3 is 15.1 Å². The first kappa shape index (κ1) is 21.7. The summed E-state index contributed by atoms with van der Waals surface area (Å²) in [7, 11) is 0. The van der Waals surface area contributed by atoms with Crippen LogP contribution in [0.5, 0.6) is 0 Å². The van der Waals surface area contributed by atoms with Gasteiger partial charge in [-0.3, -0.25) is 9.59 Å². The molecule has 12 heteroatoms. The lowest BCUT2D eigenvalue weighted by Crippen LogP contribution is -2.41. The van der Waals surface area contributed by atoms with Gasteiger partial charge in [0.05, 0.1) is 5.56 Å². The van der Waals surface area contributed by atoms with Gasteiger partial charge in [0.1, 0.15) is 12.6 Å². The molecule has 1 aliphatic heterocycles. The summed E-state index contributed by atoms with van der Waals surface area (Å²) in [6.07, 6.45) is -1.91. The molecule has 144 valence electrons. The highest BCUT2D eigenvalue weighted by Gasteiger charge is 2.38. The van der Waals surface area contributed by atoms with E-state index in [0.717, 1.165) is 24.6 Å². The molecule has 0 saturated carbocycles. The van der Waals surface area contributed by atoms with Crippen LogP contribution in [0.3, 0.4) is 0 Å². The monoisotopic (exact) mass is 396 g/mol. The number of alkyl halides is 3. The number of rotatable bonds is 4. The van der Waals surface area contributed by atoms with Gasteiger partial charge in [-0.05, 0) is 5.10 Å². The average Bonchev–Trinajstić information content (AvgIpc) is 2.60. The van der Waals surface area contributed by atoms with Gasteiger partial charge in [0.25, 0.3) is 5.91 Å². The van der Waals surface area contributed by atoms with Crippen molar-refractivity contribution in [3.05, 3.63) is 24.0 Å². The fourth-order valence-corrected chi connectivity index (χ4v) is 2.71. The van der Waals surface area contributed by atoms with Crippen LogP contribution < -0.4 is 4.68 Å². The highest BCUT2D eigenvalue weighted by Crippen LogP contribution is 2.13. The van der Waals surface area contributed by atoms with Crippen molar-refractivity contribution in [2.24, 2.45) is 0 Å². The molecule has 1 aromatic heterocycles. The van der Waals surface area contributed by atoms with Gasteiger partial charge in [-0.1, -0.05) is 4.68 Å². The van der Waals surface area contributed by atoms with Gasteiger partial charge in [-0.2, -0.15) is 24.9 Å². The fraction of sp³-hybridized carbons (Fsp3) is 0.500. The maximum atomic E-state index is 12.2. The van der Waals surface area contributed by atoms with E-state index in [1.54, 1.807) is 12.3 Å². The summed E-state index contributed by atoms with van der Waals surface area (Å²) >= 11 is 1.85. The van der Waals surface area contributed by atoms with Crippen LogP contribution in [0.15, 0.2) is 18.5 Å². The second kappa shape index (κ2) is 9.94. The van der Waals surface area contributed by atoms with Gasteiger partial charge in [0.2, 0.25) is 0 Å². The second-order valence-electron chi connectivity index (χ2n) is 5.03. The smallest absolute Gasteiger partial charge is 0.481 e. The number of nitrogens with zero attached hydrogens (tertiary/aromatic N) is 3. The van der Waals surface area contributed by atoms with Crippen molar-refractivity contribution in [1.82, 2.24) is 10.00 Å². The average molecular weight is 396 g/mol. The molecule has 0 bridgehead atoms. The number of carboxylic acid groups (broad SMARTS) is 2. The summed E-state index contributed by atoms with van der Waals surface area (Å²) < 4.78 is 33.3. The number of carboxylic acids is 2. The van der Waals surface area contributed by atoms with Gasteiger partial charge in [-0.25, -0.2) is 4.79 Å². The van der Waals surface area contributed by atoms with E-state index >= 15 is 0 Å². The zero-order valence-electron chi connectivity index (χ0n) is 13.5. The van der Waals surface area contributed by atoms with Gasteiger partial charge in [0.15, 0.2) is 12.7 Å². The Balaban J connectivity index is 0.000000412. The third-order valence-corrected chi connectivity index (χ3v) is 4.06. The lowest BCUT2D eigenvalue weighted by Gasteiger charge is -2.26. The van der Waals surface area contributed by atoms with Crippen molar-refractivity contribution in [2.75, 3.05) is 24.6 Å². The number of aryl methyl sites for hydroxylation is 1. The molecule has 0 atom stereocenters. The predicted molar refractivity (Wildman–Crippen MR) is 83.6 cm³/mol. The number of aromatic nitrogens is 2. The number of hydrogen-bond acceptors (Lipinski definition) is 5. The largest absolute Gasteiger partial charge is 0.490 e. The van der Waals surface area contributed by atoms with Crippen molar-refractivity contribution in [3.8, 4) is 0 Å². The minimum absolute atomic E-state index is 0.00168. The first-order valence-electron chi connectivity index (χ1n) is 7.36. The summed E-state index contributed by atoms with van der Waals surface area (Å²) in [5, 5.41) is 19.8. The van der Waals surface area contributed by atoms with Gasteiger partial charge >= 0.3 is 18.1 Å². The molecule has 1 saturated heterocycles. The summed E-state index contributed by atoms with van der Waals surface area (Å²) in [5.74, 6) is -1.67. The SMILES string of the molecule is O=C(O)C(F)(F)F.O=C(O)CC[n+]1ccc(C(=O)N2CCSCC2)cn1. The second-order valence-corrected chi connectivity index (χ2v) is 6.25. The first-order valence-corrected chi connectivity index (χ1v) is 8.51. The third-order valence-electron chi connectivity index (χ3n) is 3.11. The molecule has 1 amide bonds. The molecule has 0 spiro atoms.